The van der Waals surface area contributed by atoms with E-state index >= 15 is 0 Å². The lowest BCUT2D eigenvalue weighted by atomic mass is 10.1. The van der Waals surface area contributed by atoms with Gasteiger partial charge in [-0.2, -0.15) is 10.2 Å². The van der Waals surface area contributed by atoms with Gasteiger partial charge in [0.25, 0.3) is 5.91 Å². The Morgan fingerprint density at radius 1 is 1.13 bits per heavy atom. The van der Waals surface area contributed by atoms with E-state index in [9.17, 15) is 4.79 Å². The minimum atomic E-state index is -0.396. The zero-order valence-corrected chi connectivity index (χ0v) is 17.4. The summed E-state index contributed by atoms with van der Waals surface area (Å²) in [6.07, 6.45) is 1.64. The molecule has 2 N–H and O–H groups in total. The fraction of sp³-hybridized carbons (Fsp3) is 0.0952. The van der Waals surface area contributed by atoms with Crippen LogP contribution in [0.2, 0.25) is 10.0 Å². The quantitative estimate of drug-likeness (QED) is 0.445. The number of methoxy groups -OCH3 is 1. The number of amides is 1. The van der Waals surface area contributed by atoms with Crippen molar-refractivity contribution in [3.63, 3.8) is 0 Å². The number of carbonyl (C=O) groups excluding carboxylic acids is 1. The molecule has 0 aliphatic carbocycles. The van der Waals surface area contributed by atoms with Gasteiger partial charge in [-0.1, -0.05) is 41.4 Å². The number of nitrogens with zero attached hydrogens (tertiary/aromatic N) is 3. The van der Waals surface area contributed by atoms with Gasteiger partial charge in [0, 0.05) is 16.8 Å². The van der Waals surface area contributed by atoms with Crippen LogP contribution in [0, 0.1) is 0 Å². The van der Waals surface area contributed by atoms with Gasteiger partial charge in [0.2, 0.25) is 0 Å². The number of H-pyrrole nitrogens is 1. The van der Waals surface area contributed by atoms with E-state index in [1.54, 1.807) is 24.1 Å². The van der Waals surface area contributed by atoms with Crippen molar-refractivity contribution < 1.29 is 9.53 Å². The van der Waals surface area contributed by atoms with Crippen LogP contribution in [0.5, 0.6) is 5.75 Å². The van der Waals surface area contributed by atoms with Crippen molar-refractivity contribution in [3.8, 4) is 17.0 Å². The summed E-state index contributed by atoms with van der Waals surface area (Å²) in [5, 5.41) is 14.9. The van der Waals surface area contributed by atoms with E-state index in [0.29, 0.717) is 22.3 Å². The van der Waals surface area contributed by atoms with Crippen LogP contribution in [-0.4, -0.2) is 33.0 Å². The van der Waals surface area contributed by atoms with Crippen molar-refractivity contribution in [2.45, 2.75) is 6.54 Å². The third-order valence-electron chi connectivity index (χ3n) is 4.45. The number of nitrogens with one attached hydrogen (secondary N) is 2. The molecule has 2 heterocycles. The van der Waals surface area contributed by atoms with Crippen LogP contribution in [-0.2, 0) is 6.54 Å². The monoisotopic (exact) mass is 441 g/mol. The van der Waals surface area contributed by atoms with Gasteiger partial charge < -0.3 is 10.1 Å². The number of halogens is 2. The average Bonchev–Trinajstić information content (AvgIpc) is 3.37. The molecule has 30 heavy (non-hydrogen) atoms. The molecule has 0 unspecified atom stereocenters. The minimum Gasteiger partial charge on any atom is -0.497 e. The zero-order chi connectivity index (χ0) is 21.1. The maximum Gasteiger partial charge on any atom is 0.274 e. The van der Waals surface area contributed by atoms with Crippen molar-refractivity contribution in [2.75, 3.05) is 12.4 Å². The Balaban J connectivity index is 1.47. The van der Waals surface area contributed by atoms with Gasteiger partial charge in [-0.05, 0) is 42.0 Å². The number of hydrogen-bond acceptors (Lipinski definition) is 4. The summed E-state index contributed by atoms with van der Waals surface area (Å²) in [4.78, 5) is 12.6. The van der Waals surface area contributed by atoms with Crippen LogP contribution in [0.15, 0.2) is 60.8 Å². The first-order chi connectivity index (χ1) is 14.5. The maximum absolute atomic E-state index is 12.6. The van der Waals surface area contributed by atoms with Crippen LogP contribution in [0.25, 0.3) is 11.3 Å². The Morgan fingerprint density at radius 2 is 1.90 bits per heavy atom. The standard InChI is InChI=1S/C21H17Cl2N5O2/c1-30-15-8-6-13(7-9-15)18-10-19(26-25-18)21(29)24-20-17(23)12-28(27-20)11-14-4-2-3-5-16(14)22/h2-10,12H,11H2,1H3,(H,25,26)(H,24,27,29). The topological polar surface area (TPSA) is 84.8 Å². The predicted octanol–water partition coefficient (Wildman–Crippen LogP) is 4.89. The molecule has 0 aliphatic heterocycles. The van der Waals surface area contributed by atoms with E-state index < -0.39 is 5.91 Å². The summed E-state index contributed by atoms with van der Waals surface area (Å²) < 4.78 is 6.77. The number of hydrogen-bond donors (Lipinski definition) is 2. The SMILES string of the molecule is COc1ccc(-c2cc(C(=O)Nc3nn(Cc4ccccc4Cl)cc3Cl)[nH]n2)cc1. The summed E-state index contributed by atoms with van der Waals surface area (Å²) in [7, 11) is 1.60. The Kier molecular flexibility index (Phi) is 5.74. The molecule has 0 aliphatic rings. The molecule has 0 saturated carbocycles. The van der Waals surface area contributed by atoms with Gasteiger partial charge in [0.15, 0.2) is 5.82 Å². The number of rotatable bonds is 6. The number of benzene rings is 2. The number of aromatic amines is 1. The molecular weight excluding hydrogens is 425 g/mol. The minimum absolute atomic E-state index is 0.259. The maximum atomic E-state index is 12.6. The molecule has 0 atom stereocenters. The highest BCUT2D eigenvalue weighted by Crippen LogP contribution is 2.24. The van der Waals surface area contributed by atoms with Crippen molar-refractivity contribution in [3.05, 3.63) is 82.1 Å². The van der Waals surface area contributed by atoms with Gasteiger partial charge in [-0.25, -0.2) is 0 Å². The van der Waals surface area contributed by atoms with E-state index in [-0.39, 0.29) is 11.5 Å². The summed E-state index contributed by atoms with van der Waals surface area (Å²) >= 11 is 12.4. The molecule has 0 radical (unpaired) electrons. The van der Waals surface area contributed by atoms with Crippen molar-refractivity contribution >= 4 is 34.9 Å². The molecule has 0 spiro atoms. The van der Waals surface area contributed by atoms with E-state index in [0.717, 1.165) is 16.9 Å². The summed E-state index contributed by atoms with van der Waals surface area (Å²) in [5.74, 6) is 0.607. The molecule has 152 valence electrons. The lowest BCUT2D eigenvalue weighted by Crippen LogP contribution is -2.13. The molecule has 0 fully saturated rings. The van der Waals surface area contributed by atoms with Crippen LogP contribution in [0.3, 0.4) is 0 Å². The van der Waals surface area contributed by atoms with Crippen molar-refractivity contribution in [1.82, 2.24) is 20.0 Å². The Morgan fingerprint density at radius 3 is 2.63 bits per heavy atom. The summed E-state index contributed by atoms with van der Waals surface area (Å²) in [6, 6.07) is 16.5. The van der Waals surface area contributed by atoms with Crippen molar-refractivity contribution in [1.29, 1.82) is 0 Å². The number of carbonyl (C=O) groups is 1. The number of aromatic nitrogens is 4. The van der Waals surface area contributed by atoms with Crippen molar-refractivity contribution in [2.24, 2.45) is 0 Å². The van der Waals surface area contributed by atoms with Crippen LogP contribution >= 0.6 is 23.2 Å². The van der Waals surface area contributed by atoms with Gasteiger partial charge in [-0.15, -0.1) is 0 Å². The van der Waals surface area contributed by atoms with Gasteiger partial charge >= 0.3 is 0 Å². The second kappa shape index (κ2) is 8.61. The Bertz CT molecular complexity index is 1180. The third kappa shape index (κ3) is 4.32. The van der Waals surface area contributed by atoms with Crippen LogP contribution < -0.4 is 10.1 Å². The van der Waals surface area contributed by atoms with Gasteiger partial charge in [-0.3, -0.25) is 14.6 Å². The van der Waals surface area contributed by atoms with E-state index in [4.69, 9.17) is 27.9 Å². The van der Waals surface area contributed by atoms with Gasteiger partial charge in [0.1, 0.15) is 16.5 Å². The highest BCUT2D eigenvalue weighted by Gasteiger charge is 2.16. The molecule has 4 rings (SSSR count). The van der Waals surface area contributed by atoms with E-state index in [2.05, 4.69) is 20.6 Å². The normalized spacial score (nSPS) is 10.8. The lowest BCUT2D eigenvalue weighted by molar-refractivity contribution is 0.102. The molecule has 4 aromatic rings. The molecule has 7 nitrogen and oxygen atoms in total. The van der Waals surface area contributed by atoms with Crippen LogP contribution in [0.4, 0.5) is 5.82 Å². The smallest absolute Gasteiger partial charge is 0.274 e. The average molecular weight is 442 g/mol. The molecule has 1 amide bonds. The Hall–Kier alpha value is -3.29. The first-order valence-electron chi connectivity index (χ1n) is 9.01. The summed E-state index contributed by atoms with van der Waals surface area (Å²) in [5.41, 5.74) is 2.68. The lowest BCUT2D eigenvalue weighted by Gasteiger charge is -2.04. The first-order valence-corrected chi connectivity index (χ1v) is 9.76. The number of ether oxygens (including phenoxy) is 1. The fourth-order valence-electron chi connectivity index (χ4n) is 2.89. The highest BCUT2D eigenvalue weighted by molar-refractivity contribution is 6.33. The van der Waals surface area contributed by atoms with E-state index in [1.807, 2.05) is 48.5 Å². The largest absolute Gasteiger partial charge is 0.497 e. The Labute approximate surface area is 182 Å². The number of anilines is 1. The molecular formula is C21H17Cl2N5O2. The molecule has 0 saturated heterocycles. The molecule has 9 heteroatoms. The molecule has 0 bridgehead atoms. The second-order valence-electron chi connectivity index (χ2n) is 6.46. The zero-order valence-electron chi connectivity index (χ0n) is 15.9. The highest BCUT2D eigenvalue weighted by atomic mass is 35.5. The molecule has 2 aromatic carbocycles. The second-order valence-corrected chi connectivity index (χ2v) is 7.28. The summed E-state index contributed by atoms with van der Waals surface area (Å²) in [6.45, 7) is 0.431. The first kappa shape index (κ1) is 20.0. The van der Waals surface area contributed by atoms with E-state index in [1.165, 1.54) is 0 Å². The van der Waals surface area contributed by atoms with Crippen LogP contribution in [0.1, 0.15) is 16.1 Å². The predicted molar refractivity (Wildman–Crippen MR) is 116 cm³/mol. The van der Waals surface area contributed by atoms with Gasteiger partial charge in [0.05, 0.1) is 19.3 Å². The fourth-order valence-corrected chi connectivity index (χ4v) is 3.28. The third-order valence-corrected chi connectivity index (χ3v) is 5.09. The molecule has 2 aromatic heterocycles.